The molecule has 9 nitrogen and oxygen atoms in total. The lowest BCUT2D eigenvalue weighted by atomic mass is 9.91. The molecule has 7 rings (SSSR count). The molecule has 0 aliphatic carbocycles. The number of nitrogens with one attached hydrogen (secondary N) is 1. The second-order valence-electron chi connectivity index (χ2n) is 8.14. The fourth-order valence-corrected chi connectivity index (χ4v) is 3.95. The number of aromatic nitrogens is 6. The largest absolute Gasteiger partial charge is 0.323 e. The molecular formula is C21H20N6O3. The van der Waals surface area contributed by atoms with Gasteiger partial charge in [0.15, 0.2) is 5.65 Å². The van der Waals surface area contributed by atoms with Gasteiger partial charge in [-0.15, -0.1) is 0 Å². The van der Waals surface area contributed by atoms with E-state index in [2.05, 4.69) is 44.2 Å². The molecule has 0 atom stereocenters. The molecule has 9 heteroatoms. The van der Waals surface area contributed by atoms with Crippen molar-refractivity contribution in [2.24, 2.45) is 5.41 Å². The third-order valence-electron chi connectivity index (χ3n) is 5.63. The van der Waals surface area contributed by atoms with Crippen LogP contribution in [0.2, 0.25) is 0 Å². The van der Waals surface area contributed by atoms with Crippen LogP contribution in [-0.2, 0) is 26.7 Å². The van der Waals surface area contributed by atoms with Gasteiger partial charge in [-0.1, -0.05) is 37.3 Å². The van der Waals surface area contributed by atoms with Crippen LogP contribution in [0, 0.1) is 5.41 Å². The standard InChI is InChI=1S/C21H20N6O3/c1-20-9-28-21(29-10-20,30-11-20)15-7-25-26-16(15)17-18-19(23-12-22-17)27(13-24-18)8-14-5-3-2-4-6-14/h2-7,12-13H,8-11H2,1H3,(H,25,26). The van der Waals surface area contributed by atoms with Gasteiger partial charge in [-0.25, -0.2) is 15.0 Å². The van der Waals surface area contributed by atoms with E-state index in [-0.39, 0.29) is 5.41 Å². The lowest BCUT2D eigenvalue weighted by Gasteiger charge is -2.50. The van der Waals surface area contributed by atoms with Crippen LogP contribution in [0.15, 0.2) is 49.2 Å². The average molecular weight is 404 g/mol. The Morgan fingerprint density at radius 1 is 1.03 bits per heavy atom. The molecular weight excluding hydrogens is 384 g/mol. The van der Waals surface area contributed by atoms with E-state index < -0.39 is 5.97 Å². The van der Waals surface area contributed by atoms with Gasteiger partial charge < -0.3 is 18.8 Å². The lowest BCUT2D eigenvalue weighted by molar-refractivity contribution is -0.477. The molecule has 6 heterocycles. The van der Waals surface area contributed by atoms with Gasteiger partial charge >= 0.3 is 5.97 Å². The predicted molar refractivity (Wildman–Crippen MR) is 106 cm³/mol. The van der Waals surface area contributed by atoms with E-state index >= 15 is 0 Å². The topological polar surface area (TPSA) is 100.0 Å². The third kappa shape index (κ3) is 2.67. The first-order valence-corrected chi connectivity index (χ1v) is 9.82. The summed E-state index contributed by atoms with van der Waals surface area (Å²) in [6.07, 6.45) is 4.98. The zero-order valence-corrected chi connectivity index (χ0v) is 16.4. The Morgan fingerprint density at radius 3 is 2.57 bits per heavy atom. The van der Waals surface area contributed by atoms with E-state index in [1.165, 1.54) is 11.9 Å². The molecule has 3 aliphatic heterocycles. The minimum absolute atomic E-state index is 0.121. The molecule has 3 fully saturated rings. The summed E-state index contributed by atoms with van der Waals surface area (Å²) < 4.78 is 20.0. The fourth-order valence-electron chi connectivity index (χ4n) is 3.95. The van der Waals surface area contributed by atoms with Crippen molar-refractivity contribution in [3.63, 3.8) is 0 Å². The zero-order valence-electron chi connectivity index (χ0n) is 16.4. The molecule has 0 saturated carbocycles. The Balaban J connectivity index is 1.41. The highest BCUT2D eigenvalue weighted by molar-refractivity contribution is 5.86. The highest BCUT2D eigenvalue weighted by Crippen LogP contribution is 2.46. The van der Waals surface area contributed by atoms with Gasteiger partial charge in [0.05, 0.1) is 50.1 Å². The summed E-state index contributed by atoms with van der Waals surface area (Å²) in [6.45, 7) is 4.43. The smallest absolute Gasteiger partial charge is 0.315 e. The van der Waals surface area contributed by atoms with Crippen LogP contribution in [0.1, 0.15) is 18.1 Å². The van der Waals surface area contributed by atoms with Crippen molar-refractivity contribution in [3.05, 3.63) is 60.3 Å². The van der Waals surface area contributed by atoms with Crippen molar-refractivity contribution in [1.29, 1.82) is 0 Å². The maximum atomic E-state index is 6.00. The molecule has 3 saturated heterocycles. The highest BCUT2D eigenvalue weighted by atomic mass is 16.9. The van der Waals surface area contributed by atoms with E-state index in [1.54, 1.807) is 12.5 Å². The molecule has 0 spiro atoms. The van der Waals surface area contributed by atoms with E-state index in [1.807, 2.05) is 22.8 Å². The molecule has 3 aliphatic rings. The zero-order chi connectivity index (χ0) is 20.2. The van der Waals surface area contributed by atoms with Crippen molar-refractivity contribution >= 4 is 11.2 Å². The quantitative estimate of drug-likeness (QED) is 0.558. The normalized spacial score (nSPS) is 25.8. The lowest BCUT2D eigenvalue weighted by Crippen LogP contribution is -2.57. The highest BCUT2D eigenvalue weighted by Gasteiger charge is 2.53. The second kappa shape index (κ2) is 6.43. The number of fused-ring (bicyclic) bond motifs is 4. The molecule has 4 aromatic rings. The van der Waals surface area contributed by atoms with E-state index in [9.17, 15) is 0 Å². The van der Waals surface area contributed by atoms with Gasteiger partial charge in [0.25, 0.3) is 0 Å². The van der Waals surface area contributed by atoms with E-state index in [4.69, 9.17) is 14.2 Å². The Labute approximate surface area is 172 Å². The Kier molecular flexibility index (Phi) is 3.79. The maximum Gasteiger partial charge on any atom is 0.315 e. The number of benzene rings is 1. The van der Waals surface area contributed by atoms with E-state index in [0.29, 0.717) is 48.8 Å². The number of nitrogens with zero attached hydrogens (tertiary/aromatic N) is 5. The summed E-state index contributed by atoms with van der Waals surface area (Å²) in [5.41, 5.74) is 4.39. The van der Waals surface area contributed by atoms with Crippen molar-refractivity contribution in [2.75, 3.05) is 19.8 Å². The van der Waals surface area contributed by atoms with Crippen LogP contribution in [0.5, 0.6) is 0 Å². The molecule has 2 bridgehead atoms. The minimum atomic E-state index is -1.27. The van der Waals surface area contributed by atoms with Gasteiger partial charge in [-0.3, -0.25) is 5.10 Å². The van der Waals surface area contributed by atoms with Crippen molar-refractivity contribution < 1.29 is 14.2 Å². The average Bonchev–Trinajstić information content (AvgIpc) is 3.43. The molecule has 0 amide bonds. The van der Waals surface area contributed by atoms with Crippen LogP contribution in [0.4, 0.5) is 0 Å². The van der Waals surface area contributed by atoms with Gasteiger partial charge in [0, 0.05) is 5.41 Å². The number of hydrogen-bond donors (Lipinski definition) is 1. The van der Waals surface area contributed by atoms with Crippen LogP contribution < -0.4 is 0 Å². The Morgan fingerprint density at radius 2 is 1.80 bits per heavy atom. The van der Waals surface area contributed by atoms with Gasteiger partial charge in [-0.05, 0) is 5.56 Å². The summed E-state index contributed by atoms with van der Waals surface area (Å²) in [7, 11) is 0. The third-order valence-corrected chi connectivity index (χ3v) is 5.63. The minimum Gasteiger partial charge on any atom is -0.323 e. The Hall–Kier alpha value is -3.14. The SMILES string of the molecule is CC12COC(c3cn[nH]c3-c3ncnc4c3ncn4Cc3ccccc3)(OC1)OC2. The number of aromatic amines is 1. The van der Waals surface area contributed by atoms with Crippen molar-refractivity contribution in [3.8, 4) is 11.4 Å². The van der Waals surface area contributed by atoms with E-state index in [0.717, 1.165) is 5.65 Å². The predicted octanol–water partition coefficient (Wildman–Crippen LogP) is 2.46. The molecule has 3 aromatic heterocycles. The molecule has 1 N–H and O–H groups in total. The number of hydrogen-bond acceptors (Lipinski definition) is 7. The summed E-state index contributed by atoms with van der Waals surface area (Å²) in [5.74, 6) is -1.27. The summed E-state index contributed by atoms with van der Waals surface area (Å²) in [6, 6.07) is 10.2. The monoisotopic (exact) mass is 404 g/mol. The summed E-state index contributed by atoms with van der Waals surface area (Å²) in [5, 5.41) is 7.25. The van der Waals surface area contributed by atoms with Gasteiger partial charge in [0.1, 0.15) is 17.5 Å². The summed E-state index contributed by atoms with van der Waals surface area (Å²) in [4.78, 5) is 13.6. The first-order valence-electron chi connectivity index (χ1n) is 9.82. The maximum absolute atomic E-state index is 6.00. The van der Waals surface area contributed by atoms with Crippen molar-refractivity contribution in [1.82, 2.24) is 29.7 Å². The van der Waals surface area contributed by atoms with Gasteiger partial charge in [-0.2, -0.15) is 5.10 Å². The van der Waals surface area contributed by atoms with Crippen LogP contribution in [0.25, 0.3) is 22.6 Å². The fraction of sp³-hybridized carbons (Fsp3) is 0.333. The first-order chi connectivity index (χ1) is 14.7. The molecule has 0 radical (unpaired) electrons. The number of H-pyrrole nitrogens is 1. The van der Waals surface area contributed by atoms with Crippen LogP contribution in [-0.4, -0.2) is 49.5 Å². The number of rotatable bonds is 4. The second-order valence-corrected chi connectivity index (χ2v) is 8.14. The van der Waals surface area contributed by atoms with Crippen LogP contribution >= 0.6 is 0 Å². The number of imidazole rings is 1. The van der Waals surface area contributed by atoms with Crippen molar-refractivity contribution in [2.45, 2.75) is 19.4 Å². The molecule has 152 valence electrons. The Bertz CT molecular complexity index is 1190. The summed E-state index contributed by atoms with van der Waals surface area (Å²) >= 11 is 0. The van der Waals surface area contributed by atoms with Gasteiger partial charge in [0.2, 0.25) is 0 Å². The van der Waals surface area contributed by atoms with Crippen LogP contribution in [0.3, 0.4) is 0 Å². The molecule has 0 unspecified atom stereocenters. The number of ether oxygens (including phenoxy) is 3. The first kappa shape index (κ1) is 17.7. The molecule has 30 heavy (non-hydrogen) atoms. The molecule has 1 aromatic carbocycles.